The highest BCUT2D eigenvalue weighted by Gasteiger charge is 2.11. The molecule has 0 radical (unpaired) electrons. The van der Waals surface area contributed by atoms with Gasteiger partial charge < -0.3 is 11.1 Å². The molecule has 94 valence electrons. The normalized spacial score (nSPS) is 14.4. The molecule has 1 rings (SSSR count). The smallest absolute Gasteiger partial charge is 0.218 e. The quantitative estimate of drug-likeness (QED) is 0.820. The van der Waals surface area contributed by atoms with E-state index in [2.05, 4.69) is 44.3 Å². The zero-order chi connectivity index (χ0) is 13.0. The number of amides is 1. The van der Waals surface area contributed by atoms with Crippen molar-refractivity contribution in [2.75, 3.05) is 0 Å². The van der Waals surface area contributed by atoms with E-state index in [1.165, 1.54) is 16.7 Å². The Morgan fingerprint density at radius 3 is 2.24 bits per heavy atom. The van der Waals surface area contributed by atoms with Crippen LogP contribution in [0, 0.1) is 13.8 Å². The molecule has 0 saturated heterocycles. The van der Waals surface area contributed by atoms with Crippen LogP contribution in [0.3, 0.4) is 0 Å². The largest absolute Gasteiger partial charge is 0.370 e. The van der Waals surface area contributed by atoms with Gasteiger partial charge in [0, 0.05) is 18.5 Å². The highest BCUT2D eigenvalue weighted by Crippen LogP contribution is 2.17. The molecule has 0 aliphatic heterocycles. The topological polar surface area (TPSA) is 55.1 Å². The standard InChI is InChI=1S/C14H22N2O/c1-9-5-10(2)7-13(6-9)12(4)16-11(3)8-14(15)17/h5-7,11-12,16H,8H2,1-4H3,(H2,15,17). The van der Waals surface area contributed by atoms with Gasteiger partial charge >= 0.3 is 0 Å². The lowest BCUT2D eigenvalue weighted by molar-refractivity contribution is -0.118. The zero-order valence-electron chi connectivity index (χ0n) is 11.1. The molecule has 0 saturated carbocycles. The predicted octanol–water partition coefficient (Wildman–Crippen LogP) is 2.22. The van der Waals surface area contributed by atoms with E-state index in [1.54, 1.807) is 0 Å². The molecule has 1 aromatic rings. The first-order valence-corrected chi connectivity index (χ1v) is 6.01. The van der Waals surface area contributed by atoms with E-state index in [1.807, 2.05) is 6.92 Å². The Balaban J connectivity index is 2.69. The van der Waals surface area contributed by atoms with Gasteiger partial charge in [-0.25, -0.2) is 0 Å². The summed E-state index contributed by atoms with van der Waals surface area (Å²) in [6.07, 6.45) is 0.370. The number of primary amides is 1. The molecule has 0 aromatic heterocycles. The minimum Gasteiger partial charge on any atom is -0.370 e. The van der Waals surface area contributed by atoms with Gasteiger partial charge in [-0.2, -0.15) is 0 Å². The number of rotatable bonds is 5. The van der Waals surface area contributed by atoms with Crippen molar-refractivity contribution in [2.24, 2.45) is 5.73 Å². The highest BCUT2D eigenvalue weighted by molar-refractivity contribution is 5.74. The molecule has 0 aliphatic carbocycles. The molecule has 3 heteroatoms. The lowest BCUT2D eigenvalue weighted by atomic mass is 10.0. The first kappa shape index (κ1) is 13.7. The van der Waals surface area contributed by atoms with Crippen LogP contribution < -0.4 is 11.1 Å². The van der Waals surface area contributed by atoms with Gasteiger partial charge in [-0.1, -0.05) is 29.3 Å². The van der Waals surface area contributed by atoms with E-state index in [4.69, 9.17) is 5.73 Å². The summed E-state index contributed by atoms with van der Waals surface area (Å²) < 4.78 is 0. The van der Waals surface area contributed by atoms with Gasteiger partial charge in [0.1, 0.15) is 0 Å². The van der Waals surface area contributed by atoms with Crippen LogP contribution in [0.1, 0.15) is 43.0 Å². The van der Waals surface area contributed by atoms with Crippen LogP contribution in [0.5, 0.6) is 0 Å². The summed E-state index contributed by atoms with van der Waals surface area (Å²) >= 11 is 0. The molecule has 2 unspecified atom stereocenters. The summed E-state index contributed by atoms with van der Waals surface area (Å²) in [5.41, 5.74) is 8.95. The summed E-state index contributed by atoms with van der Waals surface area (Å²) in [5.74, 6) is -0.266. The summed E-state index contributed by atoms with van der Waals surface area (Å²) in [4.78, 5) is 10.8. The first-order chi connectivity index (χ1) is 7.88. The zero-order valence-corrected chi connectivity index (χ0v) is 11.1. The summed E-state index contributed by atoms with van der Waals surface area (Å²) in [5, 5.41) is 3.38. The molecule has 0 fully saturated rings. The van der Waals surface area contributed by atoms with Gasteiger partial charge in [-0.3, -0.25) is 4.79 Å². The molecule has 3 N–H and O–H groups in total. The Morgan fingerprint density at radius 1 is 1.24 bits per heavy atom. The number of aryl methyl sites for hydroxylation is 2. The van der Waals surface area contributed by atoms with Crippen LogP contribution in [0.25, 0.3) is 0 Å². The minimum absolute atomic E-state index is 0.100. The van der Waals surface area contributed by atoms with E-state index in [-0.39, 0.29) is 18.0 Å². The van der Waals surface area contributed by atoms with E-state index in [0.717, 1.165) is 0 Å². The molecule has 1 amide bonds. The summed E-state index contributed by atoms with van der Waals surface area (Å²) in [7, 11) is 0. The molecule has 0 spiro atoms. The number of nitrogens with one attached hydrogen (secondary N) is 1. The van der Waals surface area contributed by atoms with Crippen LogP contribution in [0.2, 0.25) is 0 Å². The second-order valence-corrected chi connectivity index (χ2v) is 4.88. The Labute approximate surface area is 103 Å². The highest BCUT2D eigenvalue weighted by atomic mass is 16.1. The number of hydrogen-bond donors (Lipinski definition) is 2. The number of hydrogen-bond acceptors (Lipinski definition) is 2. The molecule has 2 atom stereocenters. The van der Waals surface area contributed by atoms with Crippen molar-refractivity contribution in [2.45, 2.75) is 46.2 Å². The van der Waals surface area contributed by atoms with Gasteiger partial charge in [0.25, 0.3) is 0 Å². The summed E-state index contributed by atoms with van der Waals surface area (Å²) in [6, 6.07) is 6.82. The Bertz CT molecular complexity index is 381. The fourth-order valence-corrected chi connectivity index (χ4v) is 2.14. The van der Waals surface area contributed by atoms with E-state index in [0.29, 0.717) is 6.42 Å². The fourth-order valence-electron chi connectivity index (χ4n) is 2.14. The molecule has 1 aromatic carbocycles. The van der Waals surface area contributed by atoms with Crippen molar-refractivity contribution in [1.82, 2.24) is 5.32 Å². The molecule has 0 heterocycles. The number of nitrogens with two attached hydrogens (primary N) is 1. The molecule has 0 aliphatic rings. The third kappa shape index (κ3) is 4.57. The third-order valence-electron chi connectivity index (χ3n) is 2.79. The maximum absolute atomic E-state index is 10.8. The van der Waals surface area contributed by atoms with E-state index < -0.39 is 0 Å². The van der Waals surface area contributed by atoms with Crippen LogP contribution >= 0.6 is 0 Å². The van der Waals surface area contributed by atoms with Gasteiger partial charge in [0.05, 0.1) is 0 Å². The second kappa shape index (κ2) is 5.82. The molecule has 0 bridgehead atoms. The fraction of sp³-hybridized carbons (Fsp3) is 0.500. The molecular weight excluding hydrogens is 212 g/mol. The van der Waals surface area contributed by atoms with Crippen LogP contribution in [0.15, 0.2) is 18.2 Å². The Hall–Kier alpha value is -1.35. The van der Waals surface area contributed by atoms with Gasteiger partial charge in [-0.05, 0) is 33.3 Å². The third-order valence-corrected chi connectivity index (χ3v) is 2.79. The minimum atomic E-state index is -0.266. The predicted molar refractivity (Wildman–Crippen MR) is 70.7 cm³/mol. The maximum Gasteiger partial charge on any atom is 0.218 e. The average Bonchev–Trinajstić information content (AvgIpc) is 2.14. The van der Waals surface area contributed by atoms with Crippen molar-refractivity contribution in [1.29, 1.82) is 0 Å². The van der Waals surface area contributed by atoms with Crippen LogP contribution in [-0.4, -0.2) is 11.9 Å². The number of carbonyl (C=O) groups excluding carboxylic acids is 1. The maximum atomic E-state index is 10.8. The number of benzene rings is 1. The van der Waals surface area contributed by atoms with Crippen molar-refractivity contribution in [3.05, 3.63) is 34.9 Å². The van der Waals surface area contributed by atoms with Gasteiger partial charge in [0.2, 0.25) is 5.91 Å². The number of carbonyl (C=O) groups is 1. The van der Waals surface area contributed by atoms with Crippen molar-refractivity contribution in [3.63, 3.8) is 0 Å². The van der Waals surface area contributed by atoms with Crippen LogP contribution in [0.4, 0.5) is 0 Å². The van der Waals surface area contributed by atoms with Crippen LogP contribution in [-0.2, 0) is 4.79 Å². The molecular formula is C14H22N2O. The van der Waals surface area contributed by atoms with Crippen molar-refractivity contribution in [3.8, 4) is 0 Å². The van der Waals surface area contributed by atoms with E-state index in [9.17, 15) is 4.79 Å². The molecule has 17 heavy (non-hydrogen) atoms. The lowest BCUT2D eigenvalue weighted by Crippen LogP contribution is -2.32. The average molecular weight is 234 g/mol. The van der Waals surface area contributed by atoms with Gasteiger partial charge in [-0.15, -0.1) is 0 Å². The SMILES string of the molecule is Cc1cc(C)cc(C(C)NC(C)CC(N)=O)c1. The van der Waals surface area contributed by atoms with Crippen molar-refractivity contribution < 1.29 is 4.79 Å². The second-order valence-electron chi connectivity index (χ2n) is 4.88. The Morgan fingerprint density at radius 2 is 1.76 bits per heavy atom. The van der Waals surface area contributed by atoms with Gasteiger partial charge in [0.15, 0.2) is 0 Å². The first-order valence-electron chi connectivity index (χ1n) is 6.01. The monoisotopic (exact) mass is 234 g/mol. The Kier molecular flexibility index (Phi) is 4.70. The molecule has 3 nitrogen and oxygen atoms in total. The van der Waals surface area contributed by atoms with Crippen molar-refractivity contribution >= 4 is 5.91 Å². The van der Waals surface area contributed by atoms with E-state index >= 15 is 0 Å². The lowest BCUT2D eigenvalue weighted by Gasteiger charge is -2.20. The summed E-state index contributed by atoms with van der Waals surface area (Å²) in [6.45, 7) is 8.27.